The molecule has 4 atom stereocenters. The Morgan fingerprint density at radius 1 is 0.793 bits per heavy atom. The fraction of sp³-hybridized carbons (Fsp3) is 0.511. The van der Waals surface area contributed by atoms with Crippen LogP contribution in [0.5, 0.6) is 0 Å². The number of H-pyrrole nitrogens is 1. The van der Waals surface area contributed by atoms with Gasteiger partial charge in [0.15, 0.2) is 6.04 Å². The molecule has 1 aliphatic rings. The molecule has 58 heavy (non-hydrogen) atoms. The maximum atomic E-state index is 12.9. The lowest BCUT2D eigenvalue weighted by Crippen LogP contribution is -2.52. The molecule has 316 valence electrons. The van der Waals surface area contributed by atoms with Gasteiger partial charge in [0, 0.05) is 5.56 Å². The fourth-order valence-corrected chi connectivity index (χ4v) is 6.51. The van der Waals surface area contributed by atoms with Crippen LogP contribution < -0.4 is 11.5 Å². The van der Waals surface area contributed by atoms with Crippen molar-refractivity contribution in [3.05, 3.63) is 84.5 Å². The van der Waals surface area contributed by atoms with Gasteiger partial charge in [-0.05, 0) is 54.7 Å². The number of ether oxygens (including phenoxy) is 2. The van der Waals surface area contributed by atoms with E-state index in [1.165, 1.54) is 0 Å². The Kier molecular flexibility index (Phi) is 14.8. The Labute approximate surface area is 344 Å². The van der Waals surface area contributed by atoms with Crippen molar-refractivity contribution in [2.75, 3.05) is 47.2 Å². The van der Waals surface area contributed by atoms with Crippen molar-refractivity contribution in [1.82, 2.24) is 9.97 Å². The minimum absolute atomic E-state index is 0.0726. The Bertz CT molecular complexity index is 1990. The van der Waals surface area contributed by atoms with Gasteiger partial charge in [-0.15, -0.1) is 0 Å². The number of aromatic nitrogens is 2. The van der Waals surface area contributed by atoms with Gasteiger partial charge < -0.3 is 36.1 Å². The predicted molar refractivity (Wildman–Crippen MR) is 234 cm³/mol. The number of benzene rings is 2. The van der Waals surface area contributed by atoms with Gasteiger partial charge in [0.05, 0.1) is 52.4 Å². The van der Waals surface area contributed by atoms with E-state index < -0.39 is 30.5 Å². The molecule has 13 heteroatoms. The number of aromatic amines is 1. The van der Waals surface area contributed by atoms with Crippen molar-refractivity contribution in [2.24, 2.45) is 37.3 Å². The van der Waals surface area contributed by atoms with E-state index in [0.717, 1.165) is 39.5 Å². The second-order valence-electron chi connectivity index (χ2n) is 17.9. The fourth-order valence-electron chi connectivity index (χ4n) is 6.51. The van der Waals surface area contributed by atoms with Crippen LogP contribution in [0.15, 0.2) is 88.1 Å². The van der Waals surface area contributed by atoms with Gasteiger partial charge in [-0.25, -0.2) is 9.37 Å². The van der Waals surface area contributed by atoms with Crippen LogP contribution in [0.3, 0.4) is 0 Å². The van der Waals surface area contributed by atoms with Crippen LogP contribution in [-0.2, 0) is 9.47 Å². The monoisotopic (exact) mass is 802 g/mol. The molecule has 1 aromatic heterocycles. The number of rotatable bonds is 18. The number of halogens is 1. The molecule has 0 radical (unpaired) electrons. The van der Waals surface area contributed by atoms with E-state index in [1.54, 1.807) is 20.0 Å². The number of allylic oxidation sites excluding steroid dienone is 1. The maximum absolute atomic E-state index is 12.9. The van der Waals surface area contributed by atoms with Crippen molar-refractivity contribution in [3.63, 3.8) is 0 Å². The first-order chi connectivity index (χ1) is 27.1. The van der Waals surface area contributed by atoms with Gasteiger partial charge in [-0.3, -0.25) is 14.5 Å². The summed E-state index contributed by atoms with van der Waals surface area (Å²) in [5, 5.41) is 20.3. The summed E-state index contributed by atoms with van der Waals surface area (Å²) < 4.78 is 24.8. The van der Waals surface area contributed by atoms with Crippen molar-refractivity contribution in [3.8, 4) is 22.4 Å². The molecule has 0 bridgehead atoms. The van der Waals surface area contributed by atoms with Crippen LogP contribution in [0.25, 0.3) is 28.1 Å². The average Bonchev–Trinajstić information content (AvgIpc) is 3.79. The third-order valence-electron chi connectivity index (χ3n) is 10.4. The molecular weight excluding hydrogens is 736 g/mol. The summed E-state index contributed by atoms with van der Waals surface area (Å²) >= 11 is 0. The number of alkyl halides is 1. The van der Waals surface area contributed by atoms with Gasteiger partial charge in [-0.2, -0.15) is 4.99 Å². The largest absolute Gasteiger partial charge is 0.393 e. The van der Waals surface area contributed by atoms with Crippen LogP contribution in [0, 0.1) is 10.8 Å². The number of hydrogen-bond donors (Lipinski definition) is 5. The summed E-state index contributed by atoms with van der Waals surface area (Å²) in [4.78, 5) is 23.0. The predicted octanol–water partition coefficient (Wildman–Crippen LogP) is 7.22. The van der Waals surface area contributed by atoms with Gasteiger partial charge in [-0.1, -0.05) is 102 Å². The van der Waals surface area contributed by atoms with E-state index in [2.05, 4.69) is 87.4 Å². The number of aliphatic hydroxyl groups is 2. The normalized spacial score (nSPS) is 18.4. The molecular formula is C45H66FN8O4+. The second kappa shape index (κ2) is 18.6. The van der Waals surface area contributed by atoms with E-state index in [-0.39, 0.29) is 41.8 Å². The Morgan fingerprint density at radius 2 is 1.28 bits per heavy atom. The highest BCUT2D eigenvalue weighted by atomic mass is 19.1. The highest BCUT2D eigenvalue weighted by molar-refractivity contribution is 5.96. The van der Waals surface area contributed by atoms with E-state index in [1.807, 2.05) is 52.0 Å². The highest BCUT2D eigenvalue weighted by Crippen LogP contribution is 2.38. The first-order valence-electron chi connectivity index (χ1n) is 19.9. The minimum Gasteiger partial charge on any atom is -0.393 e. The molecule has 0 spiro atoms. The van der Waals surface area contributed by atoms with Gasteiger partial charge in [0.1, 0.15) is 53.3 Å². The van der Waals surface area contributed by atoms with Gasteiger partial charge >= 0.3 is 0 Å². The van der Waals surface area contributed by atoms with Gasteiger partial charge in [0.25, 0.3) is 0 Å². The number of nitrogens with zero attached hydrogens (tertiary/aromatic N) is 5. The van der Waals surface area contributed by atoms with E-state index in [4.69, 9.17) is 35.9 Å². The van der Waals surface area contributed by atoms with E-state index in [9.17, 15) is 14.6 Å². The van der Waals surface area contributed by atoms with Crippen molar-refractivity contribution in [2.45, 2.75) is 92.0 Å². The molecule has 7 N–H and O–H groups in total. The number of hydrogen-bond acceptors (Lipinski definition) is 8. The summed E-state index contributed by atoms with van der Waals surface area (Å²) in [5.74, 6) is 1.77. The lowest BCUT2D eigenvalue weighted by molar-refractivity contribution is -0.741. The number of aliphatic imine (C=N–C) groups is 3. The van der Waals surface area contributed by atoms with Crippen molar-refractivity contribution in [1.29, 1.82) is 0 Å². The van der Waals surface area contributed by atoms with Crippen LogP contribution in [0.2, 0.25) is 0 Å². The smallest absolute Gasteiger partial charge is 0.233 e. The molecule has 0 amide bonds. The maximum Gasteiger partial charge on any atom is 0.233 e. The first kappa shape index (κ1) is 46.2. The van der Waals surface area contributed by atoms with E-state index >= 15 is 0 Å². The number of likely N-dealkylation sites (N-methyl/N-ethyl adjacent to an activating group) is 1. The molecule has 12 nitrogen and oxygen atoms in total. The lowest BCUT2D eigenvalue weighted by atomic mass is 9.85. The number of quaternary nitrogens is 1. The Morgan fingerprint density at radius 3 is 1.76 bits per heavy atom. The SMILES string of the molecule is C/C=C/CCOC(C)(CO)C(N)=N[C@H](C1=NC(c2ccc(-c3ccc(-c4cnc([C@@H](N=C(N)C(C)(CO)OCCF)C(C)(C)C)[nH]4)cc3)cc2)=C[N+]1(C)C)C(C)(C)C. The minimum atomic E-state index is -1.32. The zero-order valence-electron chi connectivity index (χ0n) is 36.3. The Balaban J connectivity index is 1.56. The second-order valence-corrected chi connectivity index (χ2v) is 17.9. The lowest BCUT2D eigenvalue weighted by Gasteiger charge is -2.35. The quantitative estimate of drug-likeness (QED) is 0.0297. The third-order valence-corrected chi connectivity index (χ3v) is 10.4. The van der Waals surface area contributed by atoms with E-state index in [0.29, 0.717) is 23.3 Å². The van der Waals surface area contributed by atoms with Crippen molar-refractivity contribution < 1.29 is 28.6 Å². The van der Waals surface area contributed by atoms with Crippen molar-refractivity contribution >= 4 is 23.2 Å². The molecule has 2 aromatic carbocycles. The summed E-state index contributed by atoms with van der Waals surface area (Å²) in [7, 11) is 4.16. The number of aliphatic hydroxyl groups excluding tert-OH is 2. The zero-order valence-corrected chi connectivity index (χ0v) is 36.3. The molecule has 2 heterocycles. The van der Waals surface area contributed by atoms with Crippen LogP contribution >= 0.6 is 0 Å². The standard InChI is InChI=1S/C45H66FN8O4/c1-12-13-14-24-57-44(8,28-55)41(48)53-37(43(5,6)7)39-51-35(27-54(39,10)11)33-21-17-31(18-22-33)30-15-19-32(20-16-30)34-26-49-38(50-34)36(42(2,3)4)52-40(47)45(9,29-56)58-25-23-46/h12-13,15-22,26-27,36-37,55-56H,14,23-25,28-29H2,1-11H3,(H2,47,52)(H2,48,53)(H,49,50)/q+1/b13-12+/t36-,37-,44?,45?/m1/s1. The first-order valence-corrected chi connectivity index (χ1v) is 19.9. The molecule has 4 rings (SSSR count). The number of nitrogens with one attached hydrogen (secondary N) is 1. The zero-order chi connectivity index (χ0) is 43.1. The molecule has 0 saturated heterocycles. The molecule has 0 saturated carbocycles. The number of amidine groups is 3. The molecule has 0 aliphatic carbocycles. The van der Waals surface area contributed by atoms with Crippen LogP contribution in [-0.4, -0.2) is 107 Å². The van der Waals surface area contributed by atoms with Crippen LogP contribution in [0.4, 0.5) is 4.39 Å². The number of nitrogens with two attached hydrogens (primary N) is 2. The summed E-state index contributed by atoms with van der Waals surface area (Å²) in [6.45, 7) is 16.5. The molecule has 3 aromatic rings. The molecule has 1 aliphatic heterocycles. The highest BCUT2D eigenvalue weighted by Gasteiger charge is 2.44. The Hall–Kier alpha value is -4.53. The number of imidazole rings is 1. The molecule has 0 fully saturated rings. The van der Waals surface area contributed by atoms with Gasteiger partial charge in [0.2, 0.25) is 5.84 Å². The summed E-state index contributed by atoms with van der Waals surface area (Å²) in [5.41, 5.74) is 15.5. The van der Waals surface area contributed by atoms with Crippen LogP contribution in [0.1, 0.15) is 86.2 Å². The third kappa shape index (κ3) is 10.9. The summed E-state index contributed by atoms with van der Waals surface area (Å²) in [6, 6.07) is 15.7. The molecule has 2 unspecified atom stereocenters. The topological polar surface area (TPSA) is 177 Å². The average molecular weight is 802 g/mol. The summed E-state index contributed by atoms with van der Waals surface area (Å²) in [6.07, 6.45) is 8.58.